The fraction of sp³-hybridized carbons (Fsp3) is 0. The molecular weight excluding hydrogens is 647 g/mol. The lowest BCUT2D eigenvalue weighted by Gasteiger charge is -2.26. The van der Waals surface area contributed by atoms with Crippen LogP contribution in [0.1, 0.15) is 0 Å². The van der Waals surface area contributed by atoms with Gasteiger partial charge in [0.1, 0.15) is 22.3 Å². The monoisotopic (exact) mass is 677 g/mol. The predicted octanol–water partition coefficient (Wildman–Crippen LogP) is 14.6. The topological polar surface area (TPSA) is 29.5 Å². The second-order valence-electron chi connectivity index (χ2n) is 13.7. The van der Waals surface area contributed by atoms with Gasteiger partial charge in [0.2, 0.25) is 0 Å². The van der Waals surface area contributed by atoms with Crippen LogP contribution in [0.2, 0.25) is 0 Å². The molecule has 11 rings (SSSR count). The summed E-state index contributed by atoms with van der Waals surface area (Å²) in [5.41, 5.74) is 11.5. The van der Waals surface area contributed by atoms with Gasteiger partial charge < -0.3 is 13.7 Å². The van der Waals surface area contributed by atoms with Crippen LogP contribution in [0.4, 0.5) is 17.1 Å². The third-order valence-electron chi connectivity index (χ3n) is 10.7. The SMILES string of the molecule is c1ccc(-c2ccc(N(c3ccc(-c4ccc5oc6ccccc6c5c4)cc3)c3ccc4oc5c6ccccc6c6ccccc6c5c4c3)cc2)cc1. The summed E-state index contributed by atoms with van der Waals surface area (Å²) in [6, 6.07) is 66.8. The Morgan fingerprint density at radius 3 is 1.51 bits per heavy atom. The molecule has 0 saturated carbocycles. The Balaban J connectivity index is 1.08. The third-order valence-corrected chi connectivity index (χ3v) is 10.7. The van der Waals surface area contributed by atoms with Gasteiger partial charge in [-0.1, -0.05) is 127 Å². The van der Waals surface area contributed by atoms with Crippen LogP contribution in [0.15, 0.2) is 197 Å². The average Bonchev–Trinajstić information content (AvgIpc) is 3.81. The minimum absolute atomic E-state index is 0.877. The van der Waals surface area contributed by atoms with Crippen molar-refractivity contribution in [2.45, 2.75) is 0 Å². The van der Waals surface area contributed by atoms with Crippen LogP contribution in [0.3, 0.4) is 0 Å². The van der Waals surface area contributed by atoms with Gasteiger partial charge in [0.25, 0.3) is 0 Å². The van der Waals surface area contributed by atoms with E-state index in [-0.39, 0.29) is 0 Å². The quantitative estimate of drug-likeness (QED) is 0.170. The summed E-state index contributed by atoms with van der Waals surface area (Å²) in [4.78, 5) is 2.34. The Labute approximate surface area is 305 Å². The van der Waals surface area contributed by atoms with Gasteiger partial charge in [0, 0.05) is 44.0 Å². The molecule has 3 heteroatoms. The molecule has 0 fully saturated rings. The van der Waals surface area contributed by atoms with Crippen molar-refractivity contribution in [2.75, 3.05) is 4.90 Å². The van der Waals surface area contributed by atoms with E-state index < -0.39 is 0 Å². The van der Waals surface area contributed by atoms with Crippen LogP contribution >= 0.6 is 0 Å². The highest BCUT2D eigenvalue weighted by Crippen LogP contribution is 2.44. The molecule has 3 nitrogen and oxygen atoms in total. The van der Waals surface area contributed by atoms with Crippen molar-refractivity contribution in [2.24, 2.45) is 0 Å². The smallest absolute Gasteiger partial charge is 0.143 e. The molecule has 0 spiro atoms. The summed E-state index contributed by atoms with van der Waals surface area (Å²) in [6.07, 6.45) is 0. The number of furan rings is 2. The first-order valence-corrected chi connectivity index (χ1v) is 18.0. The standard InChI is InChI=1S/C50H31NO2/c1-2-10-32(11-3-1)33-18-23-36(24-19-33)51(37-25-20-34(21-26-37)35-22-28-47-44(30-35)41-14-8-9-17-46(41)52-47)38-27-29-48-45(31-38)49-42-15-6-4-12-39(42)40-13-5-7-16-43(40)50(49)53-48/h1-31H. The van der Waals surface area contributed by atoms with Crippen molar-refractivity contribution in [1.82, 2.24) is 0 Å². The summed E-state index contributed by atoms with van der Waals surface area (Å²) >= 11 is 0. The highest BCUT2D eigenvalue weighted by atomic mass is 16.3. The number of benzene rings is 9. The zero-order valence-corrected chi connectivity index (χ0v) is 28.7. The molecule has 0 aliphatic heterocycles. The first kappa shape index (κ1) is 29.6. The van der Waals surface area contributed by atoms with E-state index in [4.69, 9.17) is 8.83 Å². The predicted molar refractivity (Wildman–Crippen MR) is 222 cm³/mol. The maximum atomic E-state index is 6.68. The van der Waals surface area contributed by atoms with Gasteiger partial charge in [0.05, 0.1) is 0 Å². The first-order valence-electron chi connectivity index (χ1n) is 18.0. The third kappa shape index (κ3) is 4.75. The number of hydrogen-bond acceptors (Lipinski definition) is 3. The van der Waals surface area contributed by atoms with E-state index in [9.17, 15) is 0 Å². The van der Waals surface area contributed by atoms with E-state index >= 15 is 0 Å². The molecule has 0 unspecified atom stereocenters. The lowest BCUT2D eigenvalue weighted by Crippen LogP contribution is -2.09. The Morgan fingerprint density at radius 2 is 0.774 bits per heavy atom. The lowest BCUT2D eigenvalue weighted by molar-refractivity contribution is 0.669. The number of anilines is 3. The second kappa shape index (κ2) is 11.7. The van der Waals surface area contributed by atoms with Crippen LogP contribution in [-0.4, -0.2) is 0 Å². The molecule has 248 valence electrons. The minimum atomic E-state index is 0.877. The summed E-state index contributed by atoms with van der Waals surface area (Å²) in [7, 11) is 0. The molecule has 0 atom stereocenters. The summed E-state index contributed by atoms with van der Waals surface area (Å²) in [5.74, 6) is 0. The molecule has 9 aromatic carbocycles. The van der Waals surface area contributed by atoms with Crippen LogP contribution < -0.4 is 4.90 Å². The van der Waals surface area contributed by atoms with E-state index in [2.05, 4.69) is 181 Å². The fourth-order valence-electron chi connectivity index (χ4n) is 8.12. The second-order valence-corrected chi connectivity index (χ2v) is 13.7. The Morgan fingerprint density at radius 1 is 0.283 bits per heavy atom. The highest BCUT2D eigenvalue weighted by molar-refractivity contribution is 6.30. The molecule has 2 heterocycles. The van der Waals surface area contributed by atoms with Crippen LogP contribution in [0, 0.1) is 0 Å². The van der Waals surface area contributed by atoms with Crippen molar-refractivity contribution in [3.05, 3.63) is 188 Å². The van der Waals surface area contributed by atoms with Crippen LogP contribution in [-0.2, 0) is 0 Å². The van der Waals surface area contributed by atoms with Gasteiger partial charge in [-0.2, -0.15) is 0 Å². The summed E-state index contributed by atoms with van der Waals surface area (Å²) < 4.78 is 12.8. The first-order chi connectivity index (χ1) is 26.3. The van der Waals surface area contributed by atoms with Gasteiger partial charge >= 0.3 is 0 Å². The largest absolute Gasteiger partial charge is 0.456 e. The van der Waals surface area contributed by atoms with E-state index in [1.165, 1.54) is 27.3 Å². The van der Waals surface area contributed by atoms with Crippen molar-refractivity contribution < 1.29 is 8.83 Å². The Hall–Kier alpha value is -7.10. The van der Waals surface area contributed by atoms with Gasteiger partial charge in [-0.15, -0.1) is 0 Å². The minimum Gasteiger partial charge on any atom is -0.456 e. The van der Waals surface area contributed by atoms with Gasteiger partial charge in [-0.25, -0.2) is 0 Å². The number of para-hydroxylation sites is 1. The van der Waals surface area contributed by atoms with Crippen LogP contribution in [0.25, 0.3) is 87.7 Å². The summed E-state index contributed by atoms with van der Waals surface area (Å²) in [5, 5.41) is 9.27. The van der Waals surface area contributed by atoms with Crippen molar-refractivity contribution in [3.8, 4) is 22.3 Å². The molecule has 0 aliphatic rings. The van der Waals surface area contributed by atoms with Gasteiger partial charge in [-0.05, 0) is 99.1 Å². The van der Waals surface area contributed by atoms with Gasteiger partial charge in [0.15, 0.2) is 0 Å². The van der Waals surface area contributed by atoms with Crippen molar-refractivity contribution in [3.63, 3.8) is 0 Å². The average molecular weight is 678 g/mol. The molecule has 0 N–H and O–H groups in total. The molecule has 2 aromatic heterocycles. The molecule has 0 bridgehead atoms. The highest BCUT2D eigenvalue weighted by Gasteiger charge is 2.19. The molecule has 0 amide bonds. The molecule has 0 aliphatic carbocycles. The number of nitrogens with zero attached hydrogens (tertiary/aromatic N) is 1. The van der Waals surface area contributed by atoms with E-state index in [0.29, 0.717) is 0 Å². The maximum absolute atomic E-state index is 6.68. The number of hydrogen-bond donors (Lipinski definition) is 0. The number of fused-ring (bicyclic) bond motifs is 11. The van der Waals surface area contributed by atoms with Crippen molar-refractivity contribution >= 4 is 82.5 Å². The zero-order chi connectivity index (χ0) is 34.9. The van der Waals surface area contributed by atoms with Crippen LogP contribution in [0.5, 0.6) is 0 Å². The summed E-state index contributed by atoms with van der Waals surface area (Å²) in [6.45, 7) is 0. The molecule has 0 radical (unpaired) electrons. The maximum Gasteiger partial charge on any atom is 0.143 e. The normalized spacial score (nSPS) is 11.8. The van der Waals surface area contributed by atoms with E-state index in [1.54, 1.807) is 0 Å². The fourth-order valence-corrected chi connectivity index (χ4v) is 8.12. The number of rotatable bonds is 5. The Kier molecular flexibility index (Phi) is 6.55. The van der Waals surface area contributed by atoms with Gasteiger partial charge in [-0.3, -0.25) is 0 Å². The molecular formula is C50H31NO2. The molecule has 11 aromatic rings. The zero-order valence-electron chi connectivity index (χ0n) is 28.7. The Bertz CT molecular complexity index is 3150. The molecule has 53 heavy (non-hydrogen) atoms. The van der Waals surface area contributed by atoms with E-state index in [0.717, 1.165) is 77.5 Å². The van der Waals surface area contributed by atoms with E-state index in [1.807, 2.05) is 12.1 Å². The van der Waals surface area contributed by atoms with Crippen molar-refractivity contribution in [1.29, 1.82) is 0 Å². The lowest BCUT2D eigenvalue weighted by atomic mass is 9.97. The molecule has 0 saturated heterocycles.